The summed E-state index contributed by atoms with van der Waals surface area (Å²) in [7, 11) is 0. The van der Waals surface area contributed by atoms with Crippen LogP contribution in [0.5, 0.6) is 0 Å². The molecule has 0 bridgehead atoms. The average Bonchev–Trinajstić information content (AvgIpc) is 2.47. The third kappa shape index (κ3) is 4.58. The topological polar surface area (TPSA) is 64.3 Å². The first kappa shape index (κ1) is 14.9. The van der Waals surface area contributed by atoms with E-state index < -0.39 is 0 Å². The molecule has 2 rings (SSSR count). The van der Waals surface area contributed by atoms with E-state index in [2.05, 4.69) is 5.32 Å². The van der Waals surface area contributed by atoms with Gasteiger partial charge in [-0.25, -0.2) is 0 Å². The van der Waals surface area contributed by atoms with E-state index >= 15 is 0 Å². The van der Waals surface area contributed by atoms with E-state index in [1.54, 1.807) is 24.3 Å². The summed E-state index contributed by atoms with van der Waals surface area (Å²) in [6, 6.07) is 7.15. The zero-order valence-electron chi connectivity index (χ0n) is 11.4. The Morgan fingerprint density at radius 1 is 1.25 bits per heavy atom. The van der Waals surface area contributed by atoms with Gasteiger partial charge in [0, 0.05) is 11.3 Å². The lowest BCUT2D eigenvalue weighted by atomic mass is 9.98. The molecule has 0 aliphatic heterocycles. The number of hydrogen-bond acceptors (Lipinski definition) is 3. The highest BCUT2D eigenvalue weighted by Crippen LogP contribution is 2.20. The van der Waals surface area contributed by atoms with Crippen LogP contribution in [0.4, 0.5) is 5.69 Å². The van der Waals surface area contributed by atoms with Gasteiger partial charge >= 0.3 is 0 Å². The number of nitrogens with two attached hydrogens (primary N) is 1. The molecule has 1 aliphatic carbocycles. The number of hydrogen-bond donors (Lipinski definition) is 2. The molecule has 5 heteroatoms. The van der Waals surface area contributed by atoms with E-state index in [1.807, 2.05) is 0 Å². The SMILES string of the molecule is NC(=S)c1ccc(NC(=O)COC2CCCCC2)cc1. The van der Waals surface area contributed by atoms with Crippen molar-refractivity contribution in [1.82, 2.24) is 0 Å². The second-order valence-electron chi connectivity index (χ2n) is 5.06. The van der Waals surface area contributed by atoms with Crippen molar-refractivity contribution in [2.75, 3.05) is 11.9 Å². The molecular weight excluding hydrogens is 272 g/mol. The molecule has 1 aromatic rings. The molecule has 1 aromatic carbocycles. The third-order valence-corrected chi connectivity index (χ3v) is 3.69. The maximum Gasteiger partial charge on any atom is 0.250 e. The summed E-state index contributed by atoms with van der Waals surface area (Å²) in [5.74, 6) is -0.126. The first-order valence-electron chi connectivity index (χ1n) is 6.96. The number of benzene rings is 1. The number of rotatable bonds is 5. The quantitative estimate of drug-likeness (QED) is 0.819. The molecule has 1 aliphatic rings. The van der Waals surface area contributed by atoms with Gasteiger partial charge in [-0.2, -0.15) is 0 Å². The van der Waals surface area contributed by atoms with Crippen molar-refractivity contribution in [2.45, 2.75) is 38.2 Å². The molecule has 0 heterocycles. The molecule has 0 saturated heterocycles. The summed E-state index contributed by atoms with van der Waals surface area (Å²) in [6.45, 7) is 0.113. The summed E-state index contributed by atoms with van der Waals surface area (Å²) in [5, 5.41) is 2.80. The van der Waals surface area contributed by atoms with Crippen LogP contribution in [0.2, 0.25) is 0 Å². The minimum atomic E-state index is -0.126. The monoisotopic (exact) mass is 292 g/mol. The summed E-state index contributed by atoms with van der Waals surface area (Å²) in [6.07, 6.45) is 6.05. The molecular formula is C15H20N2O2S. The molecule has 0 atom stereocenters. The van der Waals surface area contributed by atoms with Gasteiger partial charge in [0.1, 0.15) is 11.6 Å². The highest BCUT2D eigenvalue weighted by Gasteiger charge is 2.15. The summed E-state index contributed by atoms with van der Waals surface area (Å²) >= 11 is 4.88. The Morgan fingerprint density at radius 2 is 1.90 bits per heavy atom. The zero-order chi connectivity index (χ0) is 14.4. The fourth-order valence-corrected chi connectivity index (χ4v) is 2.48. The minimum absolute atomic E-state index is 0.113. The largest absolute Gasteiger partial charge is 0.389 e. The smallest absolute Gasteiger partial charge is 0.250 e. The lowest BCUT2D eigenvalue weighted by Crippen LogP contribution is -2.24. The molecule has 0 radical (unpaired) electrons. The Balaban J connectivity index is 1.77. The summed E-state index contributed by atoms with van der Waals surface area (Å²) in [5.41, 5.74) is 7.03. The highest BCUT2D eigenvalue weighted by molar-refractivity contribution is 7.80. The van der Waals surface area contributed by atoms with Crippen LogP contribution in [-0.2, 0) is 9.53 Å². The van der Waals surface area contributed by atoms with Crippen LogP contribution in [0.1, 0.15) is 37.7 Å². The number of thiocarbonyl (C=S) groups is 1. The molecule has 3 N–H and O–H groups in total. The van der Waals surface area contributed by atoms with Crippen LogP contribution in [-0.4, -0.2) is 23.6 Å². The van der Waals surface area contributed by atoms with Crippen LogP contribution in [0, 0.1) is 0 Å². The predicted molar refractivity (Wildman–Crippen MR) is 83.8 cm³/mol. The number of amides is 1. The van der Waals surface area contributed by atoms with Gasteiger partial charge in [-0.1, -0.05) is 31.5 Å². The van der Waals surface area contributed by atoms with Crippen LogP contribution >= 0.6 is 12.2 Å². The Bertz CT molecular complexity index is 467. The van der Waals surface area contributed by atoms with Gasteiger partial charge in [-0.15, -0.1) is 0 Å². The van der Waals surface area contributed by atoms with Gasteiger partial charge in [-0.05, 0) is 37.1 Å². The van der Waals surface area contributed by atoms with Crippen molar-refractivity contribution in [3.8, 4) is 0 Å². The maximum atomic E-state index is 11.8. The molecule has 1 amide bonds. The highest BCUT2D eigenvalue weighted by atomic mass is 32.1. The van der Waals surface area contributed by atoms with E-state index in [4.69, 9.17) is 22.7 Å². The zero-order valence-corrected chi connectivity index (χ0v) is 12.2. The van der Waals surface area contributed by atoms with E-state index in [9.17, 15) is 4.79 Å². The molecule has 0 spiro atoms. The van der Waals surface area contributed by atoms with Crippen LogP contribution in [0.15, 0.2) is 24.3 Å². The number of anilines is 1. The average molecular weight is 292 g/mol. The summed E-state index contributed by atoms with van der Waals surface area (Å²) in [4.78, 5) is 12.1. The standard InChI is InChI=1S/C15H20N2O2S/c16-15(20)11-6-8-12(9-7-11)17-14(18)10-19-13-4-2-1-3-5-13/h6-9,13H,1-5,10H2,(H2,16,20)(H,17,18). The van der Waals surface area contributed by atoms with E-state index in [1.165, 1.54) is 19.3 Å². The Morgan fingerprint density at radius 3 is 2.50 bits per heavy atom. The van der Waals surface area contributed by atoms with E-state index in [0.717, 1.165) is 24.1 Å². The Hall–Kier alpha value is -1.46. The first-order chi connectivity index (χ1) is 9.65. The van der Waals surface area contributed by atoms with Crippen molar-refractivity contribution in [1.29, 1.82) is 0 Å². The minimum Gasteiger partial charge on any atom is -0.389 e. The van der Waals surface area contributed by atoms with Gasteiger partial charge in [-0.3, -0.25) is 4.79 Å². The maximum absolute atomic E-state index is 11.8. The summed E-state index contributed by atoms with van der Waals surface area (Å²) < 4.78 is 5.63. The predicted octanol–water partition coefficient (Wildman–Crippen LogP) is 2.61. The second-order valence-corrected chi connectivity index (χ2v) is 5.50. The molecule has 1 fully saturated rings. The van der Waals surface area contributed by atoms with E-state index in [0.29, 0.717) is 4.99 Å². The number of carbonyl (C=O) groups excluding carboxylic acids is 1. The van der Waals surface area contributed by atoms with Crippen LogP contribution in [0.25, 0.3) is 0 Å². The lowest BCUT2D eigenvalue weighted by molar-refractivity contribution is -0.123. The molecule has 20 heavy (non-hydrogen) atoms. The van der Waals surface area contributed by atoms with Crippen molar-refractivity contribution in [3.63, 3.8) is 0 Å². The third-order valence-electron chi connectivity index (χ3n) is 3.46. The van der Waals surface area contributed by atoms with Gasteiger partial charge in [0.25, 0.3) is 0 Å². The van der Waals surface area contributed by atoms with Crippen molar-refractivity contribution in [2.24, 2.45) is 5.73 Å². The van der Waals surface area contributed by atoms with Gasteiger partial charge in [0.05, 0.1) is 6.10 Å². The molecule has 4 nitrogen and oxygen atoms in total. The molecule has 0 unspecified atom stereocenters. The molecule has 108 valence electrons. The van der Waals surface area contributed by atoms with Gasteiger partial charge in [0.2, 0.25) is 5.91 Å². The second kappa shape index (κ2) is 7.36. The number of ether oxygens (including phenoxy) is 1. The van der Waals surface area contributed by atoms with E-state index in [-0.39, 0.29) is 18.6 Å². The first-order valence-corrected chi connectivity index (χ1v) is 7.37. The van der Waals surface area contributed by atoms with Gasteiger partial charge < -0.3 is 15.8 Å². The Kier molecular flexibility index (Phi) is 5.49. The molecule has 0 aromatic heterocycles. The van der Waals surface area contributed by atoms with Crippen LogP contribution < -0.4 is 11.1 Å². The fraction of sp³-hybridized carbons (Fsp3) is 0.467. The lowest BCUT2D eigenvalue weighted by Gasteiger charge is -2.21. The van der Waals surface area contributed by atoms with Crippen molar-refractivity contribution >= 4 is 28.8 Å². The van der Waals surface area contributed by atoms with Gasteiger partial charge in [0.15, 0.2) is 0 Å². The Labute approximate surface area is 124 Å². The van der Waals surface area contributed by atoms with Crippen molar-refractivity contribution in [3.05, 3.63) is 29.8 Å². The van der Waals surface area contributed by atoms with Crippen molar-refractivity contribution < 1.29 is 9.53 Å². The normalized spacial score (nSPS) is 15.8. The number of carbonyl (C=O) groups is 1. The number of nitrogens with one attached hydrogen (secondary N) is 1. The molecule has 1 saturated carbocycles. The fourth-order valence-electron chi connectivity index (χ4n) is 2.34. The van der Waals surface area contributed by atoms with Crippen LogP contribution in [0.3, 0.4) is 0 Å².